The second-order valence-corrected chi connectivity index (χ2v) is 5.47. The molecule has 2 heterocycles. The molecule has 0 saturated heterocycles. The molecule has 2 rings (SSSR count). The van der Waals surface area contributed by atoms with Gasteiger partial charge in [-0.15, -0.1) is 0 Å². The fourth-order valence-electron chi connectivity index (χ4n) is 1.42. The maximum atomic E-state index is 12.0. The maximum Gasteiger partial charge on any atom is 0.260 e. The first-order valence-electron chi connectivity index (χ1n) is 4.82. The number of halogens is 1. The Kier molecular flexibility index (Phi) is 3.24. The number of aromatic nitrogens is 2. The highest BCUT2D eigenvalue weighted by atomic mass is 35.5. The molecule has 2 aromatic rings. The van der Waals surface area contributed by atoms with Gasteiger partial charge in [-0.1, -0.05) is 17.7 Å². The molecule has 3 N–H and O–H groups in total. The quantitative estimate of drug-likeness (QED) is 0.809. The molecule has 0 unspecified atom stereocenters. The fraction of sp³-hybridized carbons (Fsp3) is 0.111. The average molecular weight is 289 g/mol. The van der Waals surface area contributed by atoms with Crippen LogP contribution >= 0.6 is 11.6 Å². The molecule has 0 atom stereocenters. The van der Waals surface area contributed by atoms with Gasteiger partial charge in [0.15, 0.2) is 10.2 Å². The van der Waals surface area contributed by atoms with E-state index in [1.54, 1.807) is 18.2 Å². The number of pyridine rings is 1. The van der Waals surface area contributed by atoms with Gasteiger partial charge >= 0.3 is 0 Å². The maximum absolute atomic E-state index is 12.0. The van der Waals surface area contributed by atoms with Crippen LogP contribution in [0, 0.1) is 0 Å². The molecule has 9 heteroatoms. The molecule has 0 aliphatic rings. The van der Waals surface area contributed by atoms with E-state index >= 15 is 0 Å². The summed E-state index contributed by atoms with van der Waals surface area (Å²) in [6.07, 6.45) is 1.51. The van der Waals surface area contributed by atoms with Crippen LogP contribution in [0.15, 0.2) is 29.4 Å². The monoisotopic (exact) mass is 288 g/mol. The fourth-order valence-corrected chi connectivity index (χ4v) is 3.05. The molecular weight excluding hydrogens is 280 g/mol. The van der Waals surface area contributed by atoms with Crippen LogP contribution in [0.4, 0.5) is 0 Å². The summed E-state index contributed by atoms with van der Waals surface area (Å²) < 4.78 is 27.3. The Bertz CT molecular complexity index is 710. The van der Waals surface area contributed by atoms with Crippen molar-refractivity contribution >= 4 is 33.2 Å². The number of sulfonamides is 1. The van der Waals surface area contributed by atoms with Gasteiger partial charge in [0.1, 0.15) is 5.65 Å². The Labute approximate surface area is 108 Å². The second-order valence-electron chi connectivity index (χ2n) is 3.43. The molecule has 0 aromatic carbocycles. The van der Waals surface area contributed by atoms with Gasteiger partial charge in [-0.05, 0) is 12.1 Å². The third kappa shape index (κ3) is 2.30. The number of nitrogens with two attached hydrogens (primary N) is 1. The van der Waals surface area contributed by atoms with Crippen molar-refractivity contribution in [3.8, 4) is 0 Å². The topological polar surface area (TPSA) is 107 Å². The first kappa shape index (κ1) is 12.8. The highest BCUT2D eigenvalue weighted by Crippen LogP contribution is 2.21. The zero-order chi connectivity index (χ0) is 13.3. The summed E-state index contributed by atoms with van der Waals surface area (Å²) in [7, 11) is -3.95. The molecule has 0 aliphatic heterocycles. The van der Waals surface area contributed by atoms with E-state index in [4.69, 9.17) is 17.3 Å². The Morgan fingerprint density at radius 3 is 2.89 bits per heavy atom. The van der Waals surface area contributed by atoms with Gasteiger partial charge in [0, 0.05) is 6.20 Å². The minimum atomic E-state index is -3.95. The van der Waals surface area contributed by atoms with Crippen LogP contribution in [0.1, 0.15) is 0 Å². The van der Waals surface area contributed by atoms with Crippen LogP contribution in [0.2, 0.25) is 5.15 Å². The molecule has 96 valence electrons. The van der Waals surface area contributed by atoms with Gasteiger partial charge in [0.2, 0.25) is 5.91 Å². The van der Waals surface area contributed by atoms with Crippen molar-refractivity contribution in [3.63, 3.8) is 0 Å². The van der Waals surface area contributed by atoms with E-state index in [0.29, 0.717) is 5.65 Å². The lowest BCUT2D eigenvalue weighted by Crippen LogP contribution is -2.34. The van der Waals surface area contributed by atoms with E-state index in [-0.39, 0.29) is 10.2 Å². The summed E-state index contributed by atoms with van der Waals surface area (Å²) in [6.45, 7) is -0.501. The van der Waals surface area contributed by atoms with E-state index in [0.717, 1.165) is 0 Å². The van der Waals surface area contributed by atoms with Crippen molar-refractivity contribution in [1.82, 2.24) is 14.1 Å². The third-order valence-corrected chi connectivity index (χ3v) is 3.94. The molecule has 18 heavy (non-hydrogen) atoms. The lowest BCUT2D eigenvalue weighted by atomic mass is 10.5. The van der Waals surface area contributed by atoms with E-state index in [1.807, 2.05) is 4.72 Å². The van der Waals surface area contributed by atoms with Crippen molar-refractivity contribution < 1.29 is 13.2 Å². The van der Waals surface area contributed by atoms with E-state index < -0.39 is 22.5 Å². The van der Waals surface area contributed by atoms with Crippen LogP contribution in [-0.2, 0) is 14.8 Å². The summed E-state index contributed by atoms with van der Waals surface area (Å²) >= 11 is 5.80. The van der Waals surface area contributed by atoms with Gasteiger partial charge in [-0.25, -0.2) is 18.1 Å². The molecule has 0 aliphatic carbocycles. The number of fused-ring (bicyclic) bond motifs is 1. The number of nitrogens with one attached hydrogen (secondary N) is 1. The van der Waals surface area contributed by atoms with Gasteiger partial charge < -0.3 is 5.73 Å². The summed E-state index contributed by atoms with van der Waals surface area (Å²) in [5.74, 6) is -0.788. The van der Waals surface area contributed by atoms with E-state index in [2.05, 4.69) is 4.98 Å². The summed E-state index contributed by atoms with van der Waals surface area (Å²) in [4.78, 5) is 14.5. The van der Waals surface area contributed by atoms with Crippen molar-refractivity contribution in [2.45, 2.75) is 5.03 Å². The molecule has 0 spiro atoms. The van der Waals surface area contributed by atoms with Crippen LogP contribution < -0.4 is 10.5 Å². The number of imidazole rings is 1. The Balaban J connectivity index is 2.53. The van der Waals surface area contributed by atoms with Crippen molar-refractivity contribution in [2.24, 2.45) is 5.73 Å². The standard InChI is InChI=1S/C9H9ClN4O3S/c10-8-9(18(16,17)12-5-6(11)15)14-4-2-1-3-7(14)13-8/h1-4,12H,5H2,(H2,11,15). The minimum absolute atomic E-state index is 0.168. The number of nitrogens with zero attached hydrogens (tertiary/aromatic N) is 2. The number of hydrogen-bond donors (Lipinski definition) is 2. The normalized spacial score (nSPS) is 11.8. The first-order chi connectivity index (χ1) is 8.42. The largest absolute Gasteiger partial charge is 0.369 e. The predicted octanol–water partition coefficient (Wildman–Crippen LogP) is -0.249. The average Bonchev–Trinajstić information content (AvgIpc) is 2.63. The molecular formula is C9H9ClN4O3S. The molecule has 0 radical (unpaired) electrons. The second kappa shape index (κ2) is 4.56. The highest BCUT2D eigenvalue weighted by Gasteiger charge is 2.24. The SMILES string of the molecule is NC(=O)CNS(=O)(=O)c1c(Cl)nc2ccccn12. The number of primary amides is 1. The summed E-state index contributed by atoms with van der Waals surface area (Å²) in [6, 6.07) is 4.95. The van der Waals surface area contributed by atoms with Gasteiger partial charge in [0.05, 0.1) is 6.54 Å². The van der Waals surface area contributed by atoms with Gasteiger partial charge in [-0.2, -0.15) is 0 Å². The number of rotatable bonds is 4. The van der Waals surface area contributed by atoms with Crippen LogP contribution in [-0.4, -0.2) is 30.3 Å². The molecule has 7 nitrogen and oxygen atoms in total. The zero-order valence-corrected chi connectivity index (χ0v) is 10.6. The minimum Gasteiger partial charge on any atom is -0.369 e. The Morgan fingerprint density at radius 1 is 1.50 bits per heavy atom. The number of hydrogen-bond acceptors (Lipinski definition) is 4. The summed E-state index contributed by atoms with van der Waals surface area (Å²) in [5.41, 5.74) is 5.27. The smallest absolute Gasteiger partial charge is 0.260 e. The predicted molar refractivity (Wildman–Crippen MR) is 64.6 cm³/mol. The number of carbonyl (C=O) groups is 1. The van der Waals surface area contributed by atoms with Crippen molar-refractivity contribution in [2.75, 3.05) is 6.54 Å². The molecule has 1 amide bonds. The lowest BCUT2D eigenvalue weighted by molar-refractivity contribution is -0.116. The van der Waals surface area contributed by atoms with Gasteiger partial charge in [0.25, 0.3) is 10.0 Å². The van der Waals surface area contributed by atoms with Crippen LogP contribution in [0.25, 0.3) is 5.65 Å². The van der Waals surface area contributed by atoms with Crippen molar-refractivity contribution in [3.05, 3.63) is 29.5 Å². The lowest BCUT2D eigenvalue weighted by Gasteiger charge is -2.04. The third-order valence-electron chi connectivity index (χ3n) is 2.14. The van der Waals surface area contributed by atoms with Crippen LogP contribution in [0.5, 0.6) is 0 Å². The molecule has 2 aromatic heterocycles. The first-order valence-corrected chi connectivity index (χ1v) is 6.68. The number of carbonyl (C=O) groups excluding carboxylic acids is 1. The number of amides is 1. The Morgan fingerprint density at radius 2 is 2.22 bits per heavy atom. The molecule has 0 fully saturated rings. The van der Waals surface area contributed by atoms with Crippen LogP contribution in [0.3, 0.4) is 0 Å². The Hall–Kier alpha value is -1.64. The summed E-state index contributed by atoms with van der Waals surface area (Å²) in [5, 5.41) is -0.390. The van der Waals surface area contributed by atoms with Gasteiger partial charge in [-0.3, -0.25) is 9.20 Å². The highest BCUT2D eigenvalue weighted by molar-refractivity contribution is 7.89. The molecule has 0 saturated carbocycles. The van der Waals surface area contributed by atoms with Crippen molar-refractivity contribution in [1.29, 1.82) is 0 Å². The molecule has 0 bridgehead atoms. The van der Waals surface area contributed by atoms with E-state index in [1.165, 1.54) is 10.6 Å². The van der Waals surface area contributed by atoms with E-state index in [9.17, 15) is 13.2 Å². The zero-order valence-electron chi connectivity index (χ0n) is 9.00.